The molecule has 0 saturated carbocycles. The standard InChI is InChI=1S/C13H23N3O/c1-5-7-8-11(6-2)13(17)14-12-9(3)15-16-10(12)4/h11H,5-8H2,1-4H3,(H,14,17)(H,15,16). The summed E-state index contributed by atoms with van der Waals surface area (Å²) in [6.07, 6.45) is 4.10. The molecule has 0 radical (unpaired) electrons. The van der Waals surface area contributed by atoms with Crippen LogP contribution in [0.15, 0.2) is 0 Å². The van der Waals surface area contributed by atoms with Gasteiger partial charge in [0.2, 0.25) is 5.91 Å². The topological polar surface area (TPSA) is 57.8 Å². The first-order valence-electron chi connectivity index (χ1n) is 6.42. The van der Waals surface area contributed by atoms with E-state index in [1.54, 1.807) is 0 Å². The highest BCUT2D eigenvalue weighted by Crippen LogP contribution is 2.20. The van der Waals surface area contributed by atoms with Gasteiger partial charge in [0, 0.05) is 5.92 Å². The number of unbranched alkanes of at least 4 members (excludes halogenated alkanes) is 1. The Kier molecular flexibility index (Phi) is 5.19. The third-order valence-corrected chi connectivity index (χ3v) is 3.15. The monoisotopic (exact) mass is 237 g/mol. The van der Waals surface area contributed by atoms with Crippen molar-refractivity contribution in [2.24, 2.45) is 5.92 Å². The number of hydrogen-bond donors (Lipinski definition) is 2. The second-order valence-corrected chi connectivity index (χ2v) is 4.55. The van der Waals surface area contributed by atoms with Crippen LogP contribution < -0.4 is 5.32 Å². The van der Waals surface area contributed by atoms with Crippen LogP contribution in [-0.4, -0.2) is 16.1 Å². The lowest BCUT2D eigenvalue weighted by molar-refractivity contribution is -0.120. The van der Waals surface area contributed by atoms with Gasteiger partial charge in [0.05, 0.1) is 17.1 Å². The zero-order valence-corrected chi connectivity index (χ0v) is 11.3. The van der Waals surface area contributed by atoms with Gasteiger partial charge in [-0.05, 0) is 26.7 Å². The van der Waals surface area contributed by atoms with Crippen LogP contribution in [0.4, 0.5) is 5.69 Å². The van der Waals surface area contributed by atoms with Crippen molar-refractivity contribution in [1.82, 2.24) is 10.2 Å². The molecule has 0 aromatic carbocycles. The van der Waals surface area contributed by atoms with Gasteiger partial charge in [0.1, 0.15) is 0 Å². The fourth-order valence-electron chi connectivity index (χ4n) is 1.93. The second kappa shape index (κ2) is 6.42. The van der Waals surface area contributed by atoms with Crippen molar-refractivity contribution in [3.8, 4) is 0 Å². The molecule has 1 aromatic rings. The van der Waals surface area contributed by atoms with Gasteiger partial charge in [-0.25, -0.2) is 0 Å². The molecule has 1 unspecified atom stereocenters. The van der Waals surface area contributed by atoms with Crippen molar-refractivity contribution in [2.75, 3.05) is 5.32 Å². The van der Waals surface area contributed by atoms with Gasteiger partial charge in [-0.1, -0.05) is 26.7 Å². The van der Waals surface area contributed by atoms with Gasteiger partial charge in [-0.3, -0.25) is 9.89 Å². The van der Waals surface area contributed by atoms with Crippen LogP contribution in [0.1, 0.15) is 50.9 Å². The summed E-state index contributed by atoms with van der Waals surface area (Å²) < 4.78 is 0. The lowest BCUT2D eigenvalue weighted by Gasteiger charge is -2.14. The minimum Gasteiger partial charge on any atom is -0.323 e. The number of nitrogens with zero attached hydrogens (tertiary/aromatic N) is 1. The van der Waals surface area contributed by atoms with Crippen LogP contribution in [0.3, 0.4) is 0 Å². The van der Waals surface area contributed by atoms with Crippen molar-refractivity contribution in [3.05, 3.63) is 11.4 Å². The molecule has 4 heteroatoms. The Morgan fingerprint density at radius 1 is 1.41 bits per heavy atom. The molecular formula is C13H23N3O. The smallest absolute Gasteiger partial charge is 0.227 e. The van der Waals surface area contributed by atoms with Crippen LogP contribution in [0.25, 0.3) is 0 Å². The number of H-pyrrole nitrogens is 1. The summed E-state index contributed by atoms with van der Waals surface area (Å²) in [6, 6.07) is 0. The third-order valence-electron chi connectivity index (χ3n) is 3.15. The van der Waals surface area contributed by atoms with E-state index < -0.39 is 0 Å². The highest BCUT2D eigenvalue weighted by molar-refractivity contribution is 5.93. The summed E-state index contributed by atoms with van der Waals surface area (Å²) in [6.45, 7) is 8.03. The Bertz CT molecular complexity index is 351. The quantitative estimate of drug-likeness (QED) is 0.798. The molecule has 17 heavy (non-hydrogen) atoms. The van der Waals surface area contributed by atoms with E-state index in [9.17, 15) is 4.79 Å². The van der Waals surface area contributed by atoms with Crippen LogP contribution in [0.2, 0.25) is 0 Å². The number of hydrogen-bond acceptors (Lipinski definition) is 2. The van der Waals surface area contributed by atoms with Gasteiger partial charge in [0.15, 0.2) is 0 Å². The van der Waals surface area contributed by atoms with Gasteiger partial charge in [-0.15, -0.1) is 0 Å². The molecule has 1 heterocycles. The number of carbonyl (C=O) groups is 1. The number of aryl methyl sites for hydroxylation is 2. The zero-order valence-electron chi connectivity index (χ0n) is 11.3. The van der Waals surface area contributed by atoms with Crippen LogP contribution >= 0.6 is 0 Å². The van der Waals surface area contributed by atoms with E-state index in [-0.39, 0.29) is 11.8 Å². The molecule has 4 nitrogen and oxygen atoms in total. The van der Waals surface area contributed by atoms with E-state index in [1.165, 1.54) is 0 Å². The Balaban J connectivity index is 2.64. The van der Waals surface area contributed by atoms with Gasteiger partial charge < -0.3 is 5.32 Å². The number of aromatic nitrogens is 2. The van der Waals surface area contributed by atoms with Crippen molar-refractivity contribution in [2.45, 2.75) is 53.4 Å². The highest BCUT2D eigenvalue weighted by atomic mass is 16.1. The maximum Gasteiger partial charge on any atom is 0.227 e. The van der Waals surface area contributed by atoms with E-state index in [0.29, 0.717) is 0 Å². The fraction of sp³-hybridized carbons (Fsp3) is 0.692. The first-order valence-corrected chi connectivity index (χ1v) is 6.42. The second-order valence-electron chi connectivity index (χ2n) is 4.55. The Labute approximate surface area is 103 Å². The zero-order chi connectivity index (χ0) is 12.8. The minimum atomic E-state index is 0.114. The average Bonchev–Trinajstić information content (AvgIpc) is 2.62. The third kappa shape index (κ3) is 3.58. The van der Waals surface area contributed by atoms with Crippen molar-refractivity contribution in [3.63, 3.8) is 0 Å². The Hall–Kier alpha value is -1.32. The summed E-state index contributed by atoms with van der Waals surface area (Å²) in [4.78, 5) is 12.1. The number of carbonyl (C=O) groups excluding carboxylic acids is 1. The van der Waals surface area contributed by atoms with Crippen LogP contribution in [-0.2, 0) is 4.79 Å². The number of nitrogens with one attached hydrogen (secondary N) is 2. The molecule has 2 N–H and O–H groups in total. The largest absolute Gasteiger partial charge is 0.323 e. The van der Waals surface area contributed by atoms with Gasteiger partial charge >= 0.3 is 0 Å². The SMILES string of the molecule is CCCCC(CC)C(=O)Nc1c(C)n[nH]c1C. The van der Waals surface area contributed by atoms with Crippen molar-refractivity contribution in [1.29, 1.82) is 0 Å². The first kappa shape index (κ1) is 13.7. The lowest BCUT2D eigenvalue weighted by atomic mass is 9.98. The number of aromatic amines is 1. The van der Waals surface area contributed by atoms with Crippen LogP contribution in [0, 0.1) is 19.8 Å². The molecule has 1 rings (SSSR count). The summed E-state index contributed by atoms with van der Waals surface area (Å²) in [5.74, 6) is 0.234. The Morgan fingerprint density at radius 2 is 2.12 bits per heavy atom. The molecule has 0 fully saturated rings. The predicted octanol–water partition coefficient (Wildman–Crippen LogP) is 3.18. The van der Waals surface area contributed by atoms with Crippen molar-refractivity contribution < 1.29 is 4.79 Å². The Morgan fingerprint density at radius 3 is 2.59 bits per heavy atom. The molecule has 96 valence electrons. The number of amides is 1. The molecular weight excluding hydrogens is 214 g/mol. The van der Waals surface area contributed by atoms with E-state index in [0.717, 1.165) is 42.8 Å². The molecule has 0 aliphatic heterocycles. The van der Waals surface area contributed by atoms with E-state index in [2.05, 4.69) is 29.4 Å². The van der Waals surface area contributed by atoms with E-state index in [4.69, 9.17) is 0 Å². The first-order chi connectivity index (χ1) is 8.10. The van der Waals surface area contributed by atoms with Gasteiger partial charge in [0.25, 0.3) is 0 Å². The average molecular weight is 237 g/mol. The molecule has 1 aromatic heterocycles. The maximum absolute atomic E-state index is 12.1. The molecule has 0 spiro atoms. The highest BCUT2D eigenvalue weighted by Gasteiger charge is 2.18. The number of rotatable bonds is 6. The maximum atomic E-state index is 12.1. The lowest BCUT2D eigenvalue weighted by Crippen LogP contribution is -2.22. The van der Waals surface area contributed by atoms with Crippen molar-refractivity contribution >= 4 is 11.6 Å². The fourth-order valence-corrected chi connectivity index (χ4v) is 1.93. The summed E-state index contributed by atoms with van der Waals surface area (Å²) in [5, 5.41) is 9.94. The minimum absolute atomic E-state index is 0.114. The van der Waals surface area contributed by atoms with Gasteiger partial charge in [-0.2, -0.15) is 5.10 Å². The van der Waals surface area contributed by atoms with E-state index in [1.807, 2.05) is 13.8 Å². The molecule has 0 aliphatic carbocycles. The molecule has 0 saturated heterocycles. The summed E-state index contributed by atoms with van der Waals surface area (Å²) >= 11 is 0. The molecule has 1 amide bonds. The predicted molar refractivity (Wildman–Crippen MR) is 70.0 cm³/mol. The summed E-state index contributed by atoms with van der Waals surface area (Å²) in [5.41, 5.74) is 2.60. The normalized spacial score (nSPS) is 12.5. The van der Waals surface area contributed by atoms with E-state index >= 15 is 0 Å². The summed E-state index contributed by atoms with van der Waals surface area (Å²) in [7, 11) is 0. The van der Waals surface area contributed by atoms with Crippen LogP contribution in [0.5, 0.6) is 0 Å². The molecule has 0 aliphatic rings. The molecule has 0 bridgehead atoms. The number of anilines is 1. The molecule has 1 atom stereocenters.